The molecular weight excluding hydrogens is 220 g/mol. The molecule has 1 N–H and O–H groups in total. The molecule has 1 heterocycles. The van der Waals surface area contributed by atoms with Crippen molar-refractivity contribution in [2.24, 2.45) is 0 Å². The number of aliphatic carboxylic acids is 1. The second kappa shape index (κ2) is 4.87. The largest absolute Gasteiger partial charge is 0.481 e. The highest BCUT2D eigenvalue weighted by molar-refractivity contribution is 5.70. The van der Waals surface area contributed by atoms with Crippen molar-refractivity contribution >= 4 is 5.97 Å². The summed E-state index contributed by atoms with van der Waals surface area (Å²) in [5, 5.41) is 8.58. The number of hydrogen-bond donors (Lipinski definition) is 1. The number of hydrogen-bond acceptors (Lipinski definition) is 3. The van der Waals surface area contributed by atoms with Gasteiger partial charge in [-0.05, 0) is 13.0 Å². The minimum absolute atomic E-state index is 0.162. The molecule has 0 aromatic carbocycles. The summed E-state index contributed by atoms with van der Waals surface area (Å²) in [6.07, 6.45) is -3.29. The van der Waals surface area contributed by atoms with Crippen LogP contribution in [0.5, 0.6) is 5.88 Å². The monoisotopic (exact) mass is 231 g/mol. The van der Waals surface area contributed by atoms with Gasteiger partial charge in [-0.25, -0.2) is 13.8 Å². The molecule has 0 aliphatic heterocycles. The molecule has 0 bridgehead atoms. The molecule has 0 spiro atoms. The molecule has 4 nitrogen and oxygen atoms in total. The number of ether oxygens (including phenoxy) is 1. The number of methoxy groups -OCH3 is 1. The van der Waals surface area contributed by atoms with Crippen molar-refractivity contribution in [2.45, 2.75) is 19.8 Å². The number of carboxylic acids is 1. The summed E-state index contributed by atoms with van der Waals surface area (Å²) in [5.74, 6) is -1.04. The number of halogens is 2. The standard InChI is InChI=1S/C10H11F2NO3/c1-5-3-6(9(11)12)7(4-8(14)15)13-10(5)16-2/h3,9H,4H2,1-2H3,(H,14,15). The number of aryl methyl sites for hydroxylation is 1. The zero-order valence-electron chi connectivity index (χ0n) is 8.83. The molecule has 88 valence electrons. The molecule has 0 atom stereocenters. The van der Waals surface area contributed by atoms with Gasteiger partial charge in [0.25, 0.3) is 6.43 Å². The molecule has 0 amide bonds. The van der Waals surface area contributed by atoms with Crippen LogP contribution < -0.4 is 4.74 Å². The second-order valence-corrected chi connectivity index (χ2v) is 3.22. The minimum atomic E-state index is -2.74. The lowest BCUT2D eigenvalue weighted by Gasteiger charge is -2.10. The van der Waals surface area contributed by atoms with Crippen molar-refractivity contribution in [2.75, 3.05) is 7.11 Å². The summed E-state index contributed by atoms with van der Waals surface area (Å²) < 4.78 is 30.1. The Labute approximate surface area is 90.9 Å². The van der Waals surface area contributed by atoms with E-state index in [-0.39, 0.29) is 17.1 Å². The van der Waals surface area contributed by atoms with Crippen molar-refractivity contribution in [1.29, 1.82) is 0 Å². The Morgan fingerprint density at radius 2 is 2.25 bits per heavy atom. The van der Waals surface area contributed by atoms with Crippen LogP contribution in [0.3, 0.4) is 0 Å². The summed E-state index contributed by atoms with van der Waals surface area (Å²) in [4.78, 5) is 14.3. The van der Waals surface area contributed by atoms with Gasteiger partial charge in [-0.3, -0.25) is 4.79 Å². The fraction of sp³-hybridized carbons (Fsp3) is 0.400. The fourth-order valence-electron chi connectivity index (χ4n) is 1.33. The Hall–Kier alpha value is -1.72. The first-order valence-corrected chi connectivity index (χ1v) is 4.50. The Balaban J connectivity index is 3.24. The number of nitrogens with zero attached hydrogens (tertiary/aromatic N) is 1. The molecule has 6 heteroatoms. The van der Waals surface area contributed by atoms with Crippen LogP contribution in [0.1, 0.15) is 23.2 Å². The van der Waals surface area contributed by atoms with Gasteiger partial charge in [-0.2, -0.15) is 0 Å². The topological polar surface area (TPSA) is 59.4 Å². The summed E-state index contributed by atoms with van der Waals surface area (Å²) >= 11 is 0. The number of aromatic nitrogens is 1. The molecule has 0 radical (unpaired) electrons. The third-order valence-corrected chi connectivity index (χ3v) is 2.03. The van der Waals surface area contributed by atoms with Crippen molar-refractivity contribution in [3.63, 3.8) is 0 Å². The molecular formula is C10H11F2NO3. The van der Waals surface area contributed by atoms with Gasteiger partial charge in [0.1, 0.15) is 0 Å². The van der Waals surface area contributed by atoms with Gasteiger partial charge in [0.2, 0.25) is 5.88 Å². The molecule has 0 saturated heterocycles. The van der Waals surface area contributed by atoms with Gasteiger partial charge in [0.15, 0.2) is 0 Å². The average Bonchev–Trinajstić information content (AvgIpc) is 2.19. The smallest absolute Gasteiger partial charge is 0.309 e. The first-order chi connectivity index (χ1) is 7.45. The van der Waals surface area contributed by atoms with E-state index >= 15 is 0 Å². The normalized spacial score (nSPS) is 10.6. The molecule has 0 unspecified atom stereocenters. The lowest BCUT2D eigenvalue weighted by molar-refractivity contribution is -0.136. The van der Waals surface area contributed by atoms with Crippen molar-refractivity contribution in [3.05, 3.63) is 22.9 Å². The second-order valence-electron chi connectivity index (χ2n) is 3.22. The third kappa shape index (κ3) is 2.65. The van der Waals surface area contributed by atoms with Crippen LogP contribution in [0.2, 0.25) is 0 Å². The van der Waals surface area contributed by atoms with Crippen molar-refractivity contribution < 1.29 is 23.4 Å². The predicted molar refractivity (Wildman–Crippen MR) is 51.8 cm³/mol. The highest BCUT2D eigenvalue weighted by atomic mass is 19.3. The average molecular weight is 231 g/mol. The van der Waals surface area contributed by atoms with Gasteiger partial charge >= 0.3 is 5.97 Å². The molecule has 1 aromatic heterocycles. The lowest BCUT2D eigenvalue weighted by atomic mass is 10.1. The van der Waals surface area contributed by atoms with Gasteiger partial charge in [0, 0.05) is 11.1 Å². The Morgan fingerprint density at radius 1 is 1.62 bits per heavy atom. The maximum absolute atomic E-state index is 12.6. The van der Waals surface area contributed by atoms with Crippen molar-refractivity contribution in [1.82, 2.24) is 4.98 Å². The van der Waals surface area contributed by atoms with E-state index < -0.39 is 18.8 Å². The van der Waals surface area contributed by atoms with Gasteiger partial charge in [-0.15, -0.1) is 0 Å². The van der Waals surface area contributed by atoms with Crippen LogP contribution in [0, 0.1) is 6.92 Å². The van der Waals surface area contributed by atoms with E-state index in [1.54, 1.807) is 6.92 Å². The van der Waals surface area contributed by atoms with E-state index in [1.807, 2.05) is 0 Å². The third-order valence-electron chi connectivity index (χ3n) is 2.03. The Bertz CT molecular complexity index is 407. The highest BCUT2D eigenvalue weighted by Gasteiger charge is 2.19. The summed E-state index contributed by atoms with van der Waals surface area (Å²) in [7, 11) is 1.35. The first-order valence-electron chi connectivity index (χ1n) is 4.50. The molecule has 0 saturated carbocycles. The maximum Gasteiger partial charge on any atom is 0.309 e. The predicted octanol–water partition coefficient (Wildman–Crippen LogP) is 1.96. The molecule has 0 aliphatic rings. The number of rotatable bonds is 4. The van der Waals surface area contributed by atoms with Gasteiger partial charge in [-0.1, -0.05) is 0 Å². The zero-order valence-corrected chi connectivity index (χ0v) is 8.83. The van der Waals surface area contributed by atoms with E-state index in [0.717, 1.165) is 0 Å². The maximum atomic E-state index is 12.6. The summed E-state index contributed by atoms with van der Waals surface area (Å²) in [6, 6.07) is 1.20. The molecule has 16 heavy (non-hydrogen) atoms. The SMILES string of the molecule is COc1nc(CC(=O)O)c(C(F)F)cc1C. The molecule has 1 aromatic rings. The van der Waals surface area contributed by atoms with E-state index in [4.69, 9.17) is 9.84 Å². The van der Waals surface area contributed by atoms with E-state index in [9.17, 15) is 13.6 Å². The van der Waals surface area contributed by atoms with Crippen LogP contribution in [-0.2, 0) is 11.2 Å². The van der Waals surface area contributed by atoms with Crippen LogP contribution in [0.25, 0.3) is 0 Å². The molecule has 0 fully saturated rings. The van der Waals surface area contributed by atoms with E-state index in [0.29, 0.717) is 5.56 Å². The summed E-state index contributed by atoms with van der Waals surface area (Å²) in [6.45, 7) is 1.57. The fourth-order valence-corrected chi connectivity index (χ4v) is 1.33. The number of alkyl halides is 2. The van der Waals surface area contributed by atoms with Crippen molar-refractivity contribution in [3.8, 4) is 5.88 Å². The minimum Gasteiger partial charge on any atom is -0.481 e. The van der Waals surface area contributed by atoms with Gasteiger partial charge in [0.05, 0.1) is 19.2 Å². The first kappa shape index (κ1) is 12.4. The number of carbonyl (C=O) groups is 1. The van der Waals surface area contributed by atoms with E-state index in [2.05, 4.69) is 4.98 Å². The Morgan fingerprint density at radius 3 is 2.69 bits per heavy atom. The Kier molecular flexibility index (Phi) is 3.76. The van der Waals surface area contributed by atoms with Crippen LogP contribution >= 0.6 is 0 Å². The summed E-state index contributed by atoms with van der Waals surface area (Å²) in [5.41, 5.74) is -0.0717. The molecule has 1 rings (SSSR count). The van der Waals surface area contributed by atoms with Crippen LogP contribution in [-0.4, -0.2) is 23.2 Å². The lowest BCUT2D eigenvalue weighted by Crippen LogP contribution is -2.08. The number of pyridine rings is 1. The molecule has 0 aliphatic carbocycles. The van der Waals surface area contributed by atoms with E-state index in [1.165, 1.54) is 13.2 Å². The zero-order chi connectivity index (χ0) is 12.3. The van der Waals surface area contributed by atoms with Crippen LogP contribution in [0.4, 0.5) is 8.78 Å². The highest BCUT2D eigenvalue weighted by Crippen LogP contribution is 2.27. The number of carboxylic acid groups (broad SMARTS) is 1. The van der Waals surface area contributed by atoms with Gasteiger partial charge < -0.3 is 9.84 Å². The quantitative estimate of drug-likeness (QED) is 0.860. The van der Waals surface area contributed by atoms with Crippen LogP contribution in [0.15, 0.2) is 6.07 Å².